The Morgan fingerprint density at radius 2 is 2.57 bits per heavy atom. The molecule has 6 heteroatoms. The zero-order valence-corrected chi connectivity index (χ0v) is 7.32. The highest BCUT2D eigenvalue weighted by molar-refractivity contribution is 5.97. The molecule has 1 aliphatic rings. The van der Waals surface area contributed by atoms with Crippen LogP contribution in [0.4, 0.5) is 6.01 Å². The molecule has 1 aliphatic heterocycles. The molecule has 0 radical (unpaired) electrons. The summed E-state index contributed by atoms with van der Waals surface area (Å²) in [4.78, 5) is 26.0. The second-order valence-electron chi connectivity index (χ2n) is 2.99. The summed E-state index contributed by atoms with van der Waals surface area (Å²) in [5.41, 5.74) is 0. The lowest BCUT2D eigenvalue weighted by atomic mass is 10.2. The third-order valence-electron chi connectivity index (χ3n) is 1.97. The number of carbonyl (C=O) groups excluding carboxylic acids is 2. The first-order chi connectivity index (χ1) is 6.75. The number of amides is 2. The fraction of sp³-hybridized carbons (Fsp3) is 0.375. The lowest BCUT2D eigenvalue weighted by Crippen LogP contribution is -2.37. The van der Waals surface area contributed by atoms with E-state index in [2.05, 4.69) is 15.6 Å². The maximum Gasteiger partial charge on any atom is 0.301 e. The average molecular weight is 195 g/mol. The van der Waals surface area contributed by atoms with Crippen molar-refractivity contribution in [1.29, 1.82) is 0 Å². The van der Waals surface area contributed by atoms with Gasteiger partial charge in [0.1, 0.15) is 12.3 Å². The summed E-state index contributed by atoms with van der Waals surface area (Å²) in [6.07, 6.45) is 3.71. The van der Waals surface area contributed by atoms with E-state index < -0.39 is 6.04 Å². The predicted octanol–water partition coefficient (Wildman–Crippen LogP) is -0.108. The van der Waals surface area contributed by atoms with Gasteiger partial charge in [-0.15, -0.1) is 0 Å². The average Bonchev–Trinajstić information content (AvgIpc) is 2.75. The van der Waals surface area contributed by atoms with Crippen molar-refractivity contribution in [3.05, 3.63) is 12.5 Å². The molecule has 0 aliphatic carbocycles. The van der Waals surface area contributed by atoms with Crippen LogP contribution in [0.1, 0.15) is 12.8 Å². The molecule has 6 nitrogen and oxygen atoms in total. The van der Waals surface area contributed by atoms with E-state index in [1.54, 1.807) is 0 Å². The Kier molecular flexibility index (Phi) is 2.18. The summed E-state index contributed by atoms with van der Waals surface area (Å²) in [6, 6.07) is -0.314. The highest BCUT2D eigenvalue weighted by Gasteiger charge is 2.27. The lowest BCUT2D eigenvalue weighted by molar-refractivity contribution is -0.122. The molecule has 74 valence electrons. The van der Waals surface area contributed by atoms with E-state index in [1.165, 1.54) is 12.5 Å². The largest absolute Gasteiger partial charge is 0.432 e. The molecule has 0 bridgehead atoms. The van der Waals surface area contributed by atoms with Gasteiger partial charge in [0, 0.05) is 6.42 Å². The number of oxazole rings is 1. The van der Waals surface area contributed by atoms with Gasteiger partial charge in [0.15, 0.2) is 0 Å². The highest BCUT2D eigenvalue weighted by atomic mass is 16.4. The van der Waals surface area contributed by atoms with Crippen LogP contribution < -0.4 is 10.6 Å². The Morgan fingerprint density at radius 3 is 3.14 bits per heavy atom. The normalized spacial score (nSPS) is 20.6. The van der Waals surface area contributed by atoms with E-state index in [1.807, 2.05) is 0 Å². The standard InChI is InChI=1S/C8H9N3O3/c12-6-2-1-5(10-6)7(13)11-8-9-3-4-14-8/h3-5H,1-2H2,(H,10,12)(H,9,11,13). The monoisotopic (exact) mass is 195 g/mol. The van der Waals surface area contributed by atoms with Gasteiger partial charge in [-0.1, -0.05) is 0 Å². The van der Waals surface area contributed by atoms with Crippen molar-refractivity contribution < 1.29 is 14.0 Å². The van der Waals surface area contributed by atoms with Gasteiger partial charge in [-0.25, -0.2) is 4.98 Å². The second kappa shape index (κ2) is 3.49. The Hall–Kier alpha value is -1.85. The van der Waals surface area contributed by atoms with E-state index >= 15 is 0 Å². The van der Waals surface area contributed by atoms with E-state index in [0.29, 0.717) is 12.8 Å². The first-order valence-corrected chi connectivity index (χ1v) is 4.25. The minimum Gasteiger partial charge on any atom is -0.432 e. The first kappa shape index (κ1) is 8.74. The Morgan fingerprint density at radius 1 is 1.71 bits per heavy atom. The zero-order valence-electron chi connectivity index (χ0n) is 7.32. The molecule has 0 spiro atoms. The SMILES string of the molecule is O=C1CCC(C(=O)Nc2ncco2)N1. The van der Waals surface area contributed by atoms with Crippen LogP contribution in [0.25, 0.3) is 0 Å². The van der Waals surface area contributed by atoms with E-state index in [0.717, 1.165) is 0 Å². The Bertz CT molecular complexity index is 347. The van der Waals surface area contributed by atoms with Crippen LogP contribution in [0.15, 0.2) is 16.9 Å². The smallest absolute Gasteiger partial charge is 0.301 e. The second-order valence-corrected chi connectivity index (χ2v) is 2.99. The maximum absolute atomic E-state index is 11.4. The van der Waals surface area contributed by atoms with Gasteiger partial charge in [0.05, 0.1) is 6.20 Å². The number of nitrogens with zero attached hydrogens (tertiary/aromatic N) is 1. The molecule has 2 amide bonds. The molecule has 1 unspecified atom stereocenters. The third-order valence-corrected chi connectivity index (χ3v) is 1.97. The number of nitrogens with one attached hydrogen (secondary N) is 2. The molecule has 0 saturated carbocycles. The molecule has 1 atom stereocenters. The van der Waals surface area contributed by atoms with E-state index in [-0.39, 0.29) is 17.8 Å². The van der Waals surface area contributed by atoms with Crippen LogP contribution in [0.5, 0.6) is 0 Å². The molecule has 1 fully saturated rings. The van der Waals surface area contributed by atoms with Gasteiger partial charge >= 0.3 is 6.01 Å². The molecule has 14 heavy (non-hydrogen) atoms. The van der Waals surface area contributed by atoms with Crippen molar-refractivity contribution in [2.75, 3.05) is 5.32 Å². The molecule has 1 aromatic heterocycles. The molecule has 0 aromatic carbocycles. The third kappa shape index (κ3) is 1.73. The van der Waals surface area contributed by atoms with Crippen molar-refractivity contribution in [2.45, 2.75) is 18.9 Å². The van der Waals surface area contributed by atoms with Crippen molar-refractivity contribution in [1.82, 2.24) is 10.3 Å². The summed E-state index contributed by atoms with van der Waals surface area (Å²) in [5, 5.41) is 5.00. The molecule has 1 aromatic rings. The van der Waals surface area contributed by atoms with Crippen LogP contribution in [0.2, 0.25) is 0 Å². The molecule has 2 N–H and O–H groups in total. The van der Waals surface area contributed by atoms with Gasteiger partial charge in [-0.2, -0.15) is 0 Å². The highest BCUT2D eigenvalue weighted by Crippen LogP contribution is 2.09. The first-order valence-electron chi connectivity index (χ1n) is 4.25. The Labute approximate surface area is 79.7 Å². The molecular weight excluding hydrogens is 186 g/mol. The topological polar surface area (TPSA) is 84.2 Å². The molecular formula is C8H9N3O3. The quantitative estimate of drug-likeness (QED) is 0.689. The van der Waals surface area contributed by atoms with Crippen molar-refractivity contribution in [3.8, 4) is 0 Å². The molecule has 1 saturated heterocycles. The van der Waals surface area contributed by atoms with Crippen LogP contribution >= 0.6 is 0 Å². The van der Waals surface area contributed by atoms with E-state index in [4.69, 9.17) is 4.42 Å². The zero-order chi connectivity index (χ0) is 9.97. The van der Waals surface area contributed by atoms with Crippen molar-refractivity contribution in [3.63, 3.8) is 0 Å². The number of aromatic nitrogens is 1. The van der Waals surface area contributed by atoms with Gasteiger partial charge in [-0.3, -0.25) is 14.9 Å². The van der Waals surface area contributed by atoms with Gasteiger partial charge in [0.2, 0.25) is 5.91 Å². The lowest BCUT2D eigenvalue weighted by Gasteiger charge is -2.07. The number of anilines is 1. The maximum atomic E-state index is 11.4. The minimum atomic E-state index is -0.464. The van der Waals surface area contributed by atoms with Crippen LogP contribution in [0.3, 0.4) is 0 Å². The molecule has 2 heterocycles. The van der Waals surface area contributed by atoms with Gasteiger partial charge in [-0.05, 0) is 6.42 Å². The number of carbonyl (C=O) groups is 2. The van der Waals surface area contributed by atoms with Crippen LogP contribution in [-0.2, 0) is 9.59 Å². The summed E-state index contributed by atoms with van der Waals surface area (Å²) in [5.74, 6) is -0.393. The van der Waals surface area contributed by atoms with Gasteiger partial charge < -0.3 is 9.73 Å². The number of hydrogen-bond donors (Lipinski definition) is 2. The molecule has 2 rings (SSSR count). The predicted molar refractivity (Wildman–Crippen MR) is 46.3 cm³/mol. The number of hydrogen-bond acceptors (Lipinski definition) is 4. The fourth-order valence-corrected chi connectivity index (χ4v) is 1.29. The van der Waals surface area contributed by atoms with Crippen molar-refractivity contribution in [2.24, 2.45) is 0 Å². The van der Waals surface area contributed by atoms with E-state index in [9.17, 15) is 9.59 Å². The van der Waals surface area contributed by atoms with Crippen molar-refractivity contribution >= 4 is 17.8 Å². The summed E-state index contributed by atoms with van der Waals surface area (Å²) < 4.78 is 4.83. The minimum absolute atomic E-state index is 0.0995. The van der Waals surface area contributed by atoms with Crippen LogP contribution in [-0.4, -0.2) is 22.8 Å². The number of rotatable bonds is 2. The summed E-state index contributed by atoms with van der Waals surface area (Å²) >= 11 is 0. The summed E-state index contributed by atoms with van der Waals surface area (Å²) in [6.45, 7) is 0. The summed E-state index contributed by atoms with van der Waals surface area (Å²) in [7, 11) is 0. The van der Waals surface area contributed by atoms with Gasteiger partial charge in [0.25, 0.3) is 5.91 Å². The Balaban J connectivity index is 1.93. The fourth-order valence-electron chi connectivity index (χ4n) is 1.29. The van der Waals surface area contributed by atoms with Crippen LogP contribution in [0, 0.1) is 0 Å².